The van der Waals surface area contributed by atoms with Crippen LogP contribution in [0.3, 0.4) is 0 Å². The summed E-state index contributed by atoms with van der Waals surface area (Å²) in [5.74, 6) is -1.22. The van der Waals surface area contributed by atoms with Crippen LogP contribution >= 0.6 is 0 Å². The summed E-state index contributed by atoms with van der Waals surface area (Å²) in [5, 5.41) is 13.6. The molecule has 3 N–H and O–H groups in total. The Morgan fingerprint density at radius 3 is 2.31 bits per heavy atom. The molecule has 0 atom stereocenters. The highest BCUT2D eigenvalue weighted by molar-refractivity contribution is 6.00. The summed E-state index contributed by atoms with van der Waals surface area (Å²) in [6.45, 7) is 3.34. The maximum Gasteiger partial charge on any atom is 0.338 e. The minimum absolute atomic E-state index is 0.0804. The lowest BCUT2D eigenvalue weighted by molar-refractivity contribution is -0.383. The zero-order valence-corrected chi connectivity index (χ0v) is 16.0. The molecule has 1 amide bonds. The summed E-state index contributed by atoms with van der Waals surface area (Å²) in [5.41, 5.74) is 5.75. The predicted octanol–water partition coefficient (Wildman–Crippen LogP) is 3.20. The van der Waals surface area contributed by atoms with Gasteiger partial charge in [0.15, 0.2) is 12.4 Å². The summed E-state index contributed by atoms with van der Waals surface area (Å²) < 4.78 is 4.94. The van der Waals surface area contributed by atoms with Crippen LogP contribution in [0.1, 0.15) is 41.0 Å². The van der Waals surface area contributed by atoms with E-state index in [-0.39, 0.29) is 23.1 Å². The highest BCUT2D eigenvalue weighted by atomic mass is 16.6. The third kappa shape index (κ3) is 6.13. The van der Waals surface area contributed by atoms with Crippen LogP contribution in [0.4, 0.5) is 17.1 Å². The number of benzene rings is 2. The number of carbonyl (C=O) groups is 3. The average molecular weight is 399 g/mol. The smallest absolute Gasteiger partial charge is 0.338 e. The summed E-state index contributed by atoms with van der Waals surface area (Å²) in [6, 6.07) is 9.68. The Labute approximate surface area is 167 Å². The molecule has 0 aliphatic carbocycles. The van der Waals surface area contributed by atoms with Crippen LogP contribution in [0.5, 0.6) is 0 Å². The quantitative estimate of drug-likeness (QED) is 0.228. The molecule has 0 aliphatic heterocycles. The van der Waals surface area contributed by atoms with E-state index in [2.05, 4.69) is 5.32 Å². The number of hydrogen-bond acceptors (Lipinski definition) is 7. The molecule has 0 aromatic heterocycles. The van der Waals surface area contributed by atoms with Crippen molar-refractivity contribution in [3.05, 3.63) is 63.7 Å². The Kier molecular flexibility index (Phi) is 7.02. The number of ether oxygens (including phenoxy) is 1. The molecule has 9 heteroatoms. The van der Waals surface area contributed by atoms with Gasteiger partial charge in [-0.2, -0.15) is 0 Å². The van der Waals surface area contributed by atoms with Crippen molar-refractivity contribution in [2.45, 2.75) is 20.3 Å². The second kappa shape index (κ2) is 9.45. The molecule has 29 heavy (non-hydrogen) atoms. The molecule has 0 radical (unpaired) electrons. The van der Waals surface area contributed by atoms with Gasteiger partial charge in [-0.15, -0.1) is 0 Å². The highest BCUT2D eigenvalue weighted by Crippen LogP contribution is 2.22. The minimum atomic E-state index is -0.876. The molecule has 0 aliphatic rings. The molecule has 0 unspecified atom stereocenters. The van der Waals surface area contributed by atoms with E-state index in [4.69, 9.17) is 10.5 Å². The van der Waals surface area contributed by atoms with Crippen molar-refractivity contribution >= 4 is 34.7 Å². The molecule has 152 valence electrons. The van der Waals surface area contributed by atoms with Crippen molar-refractivity contribution in [3.63, 3.8) is 0 Å². The van der Waals surface area contributed by atoms with Gasteiger partial charge in [-0.3, -0.25) is 19.7 Å². The summed E-state index contributed by atoms with van der Waals surface area (Å²) in [7, 11) is 0. The van der Waals surface area contributed by atoms with Gasteiger partial charge in [-0.25, -0.2) is 4.79 Å². The summed E-state index contributed by atoms with van der Waals surface area (Å²) in [6.07, 6.45) is 0.389. The van der Waals surface area contributed by atoms with Crippen molar-refractivity contribution in [1.82, 2.24) is 0 Å². The SMILES string of the molecule is CC(C)CC(=O)Nc1ccc(C(=O)COC(=O)c2ccc(N)c([N+](=O)[O-])c2)cc1. The second-order valence-electron chi connectivity index (χ2n) is 6.75. The number of Topliss-reactive ketones (excluding diaryl/α,β-unsaturated/α-hetero) is 1. The Bertz CT molecular complexity index is 938. The number of nitrogen functional groups attached to an aromatic ring is 1. The molecule has 0 fully saturated rings. The number of nitrogens with zero attached hydrogens (tertiary/aromatic N) is 1. The standard InChI is InChI=1S/C20H21N3O6/c1-12(2)9-19(25)22-15-6-3-13(4-7-15)18(24)11-29-20(26)14-5-8-16(21)17(10-14)23(27)28/h3-8,10,12H,9,11,21H2,1-2H3,(H,22,25). The first-order chi connectivity index (χ1) is 13.7. The number of hydrogen-bond donors (Lipinski definition) is 2. The third-order valence-electron chi connectivity index (χ3n) is 3.88. The van der Waals surface area contributed by atoms with E-state index < -0.39 is 29.0 Å². The van der Waals surface area contributed by atoms with E-state index in [0.717, 1.165) is 6.07 Å². The number of nitrogens with two attached hydrogens (primary N) is 1. The highest BCUT2D eigenvalue weighted by Gasteiger charge is 2.18. The normalized spacial score (nSPS) is 10.4. The van der Waals surface area contributed by atoms with Gasteiger partial charge in [0.2, 0.25) is 5.91 Å². The monoisotopic (exact) mass is 399 g/mol. The number of nitrogens with one attached hydrogen (secondary N) is 1. The van der Waals surface area contributed by atoms with Crippen LogP contribution < -0.4 is 11.1 Å². The van der Waals surface area contributed by atoms with E-state index >= 15 is 0 Å². The molecule has 0 bridgehead atoms. The average Bonchev–Trinajstić information content (AvgIpc) is 2.65. The molecular weight excluding hydrogens is 378 g/mol. The fourth-order valence-corrected chi connectivity index (χ4v) is 2.45. The molecule has 2 rings (SSSR count). The molecule has 0 spiro atoms. The number of amides is 1. The number of esters is 1. The molecular formula is C20H21N3O6. The topological polar surface area (TPSA) is 142 Å². The van der Waals surface area contributed by atoms with Crippen LogP contribution in [0, 0.1) is 16.0 Å². The Morgan fingerprint density at radius 2 is 1.72 bits per heavy atom. The minimum Gasteiger partial charge on any atom is -0.454 e. The maximum atomic E-state index is 12.2. The van der Waals surface area contributed by atoms with E-state index in [0.29, 0.717) is 17.7 Å². The molecule has 0 saturated heterocycles. The van der Waals surface area contributed by atoms with Gasteiger partial charge in [0, 0.05) is 23.7 Å². The van der Waals surface area contributed by atoms with E-state index in [1.54, 1.807) is 12.1 Å². The van der Waals surface area contributed by atoms with Gasteiger partial charge < -0.3 is 15.8 Å². The van der Waals surface area contributed by atoms with E-state index in [1.807, 2.05) is 13.8 Å². The lowest BCUT2D eigenvalue weighted by atomic mass is 10.1. The third-order valence-corrected chi connectivity index (χ3v) is 3.88. The van der Waals surface area contributed by atoms with E-state index in [1.165, 1.54) is 24.3 Å². The summed E-state index contributed by atoms with van der Waals surface area (Å²) >= 11 is 0. The largest absolute Gasteiger partial charge is 0.454 e. The van der Waals surface area contributed by atoms with Crippen molar-refractivity contribution in [3.8, 4) is 0 Å². The van der Waals surface area contributed by atoms with Gasteiger partial charge >= 0.3 is 5.97 Å². The molecule has 2 aromatic carbocycles. The van der Waals surface area contributed by atoms with Gasteiger partial charge in [-0.1, -0.05) is 13.8 Å². The molecule has 0 saturated carbocycles. The number of ketones is 1. The maximum absolute atomic E-state index is 12.2. The first kappa shape index (κ1) is 21.5. The Hall–Kier alpha value is -3.75. The van der Waals surface area contributed by atoms with Gasteiger partial charge in [0.1, 0.15) is 5.69 Å². The van der Waals surface area contributed by atoms with Crippen molar-refractivity contribution in [1.29, 1.82) is 0 Å². The van der Waals surface area contributed by atoms with E-state index in [9.17, 15) is 24.5 Å². The van der Waals surface area contributed by atoms with Crippen LogP contribution in [-0.2, 0) is 9.53 Å². The number of carbonyl (C=O) groups excluding carboxylic acids is 3. The second-order valence-corrected chi connectivity index (χ2v) is 6.75. The fourth-order valence-electron chi connectivity index (χ4n) is 2.45. The zero-order valence-electron chi connectivity index (χ0n) is 16.0. The Balaban J connectivity index is 1.95. The molecule has 0 heterocycles. The van der Waals surface area contributed by atoms with Crippen molar-refractivity contribution in [2.75, 3.05) is 17.7 Å². The summed E-state index contributed by atoms with van der Waals surface area (Å²) in [4.78, 5) is 46.2. The zero-order chi connectivity index (χ0) is 21.6. The molecule has 2 aromatic rings. The molecule has 9 nitrogen and oxygen atoms in total. The van der Waals surface area contributed by atoms with Crippen molar-refractivity contribution in [2.24, 2.45) is 5.92 Å². The number of nitro benzene ring substituents is 1. The van der Waals surface area contributed by atoms with Gasteiger partial charge in [-0.05, 0) is 42.3 Å². The van der Waals surface area contributed by atoms with Crippen molar-refractivity contribution < 1.29 is 24.0 Å². The number of rotatable bonds is 8. The predicted molar refractivity (Wildman–Crippen MR) is 107 cm³/mol. The number of anilines is 2. The fraction of sp³-hybridized carbons (Fsp3) is 0.250. The van der Waals surface area contributed by atoms with Crippen LogP contribution in [0.2, 0.25) is 0 Å². The lowest BCUT2D eigenvalue weighted by Gasteiger charge is -2.08. The van der Waals surface area contributed by atoms with Gasteiger partial charge in [0.05, 0.1) is 10.5 Å². The van der Waals surface area contributed by atoms with Crippen LogP contribution in [0.15, 0.2) is 42.5 Å². The van der Waals surface area contributed by atoms with Crippen LogP contribution in [0.25, 0.3) is 0 Å². The number of nitro groups is 1. The Morgan fingerprint density at radius 1 is 1.10 bits per heavy atom. The van der Waals surface area contributed by atoms with Gasteiger partial charge in [0.25, 0.3) is 5.69 Å². The lowest BCUT2D eigenvalue weighted by Crippen LogP contribution is -2.15. The first-order valence-corrected chi connectivity index (χ1v) is 8.81. The first-order valence-electron chi connectivity index (χ1n) is 8.81. The van der Waals surface area contributed by atoms with Crippen LogP contribution in [-0.4, -0.2) is 29.2 Å².